The molecule has 0 spiro atoms. The Hall–Kier alpha value is -1.76. The molecule has 1 aromatic carbocycles. The summed E-state index contributed by atoms with van der Waals surface area (Å²) in [5, 5.41) is 14.7. The third kappa shape index (κ3) is 3.17. The van der Waals surface area contributed by atoms with Crippen LogP contribution in [0.3, 0.4) is 0 Å². The van der Waals surface area contributed by atoms with E-state index in [4.69, 9.17) is 0 Å². The van der Waals surface area contributed by atoms with E-state index in [-0.39, 0.29) is 11.4 Å². The van der Waals surface area contributed by atoms with Crippen LogP contribution in [0.5, 0.6) is 5.75 Å². The van der Waals surface area contributed by atoms with Crippen molar-refractivity contribution in [2.75, 3.05) is 11.9 Å². The van der Waals surface area contributed by atoms with E-state index in [0.717, 1.165) is 24.6 Å². The third-order valence-corrected chi connectivity index (χ3v) is 2.96. The van der Waals surface area contributed by atoms with Crippen LogP contribution in [-0.2, 0) is 11.0 Å². The van der Waals surface area contributed by atoms with Crippen molar-refractivity contribution in [3.63, 3.8) is 0 Å². The molecule has 1 amide bonds. The monoisotopic (exact) mass is 274 g/mol. The maximum Gasteiger partial charge on any atom is 0.416 e. The first-order valence-corrected chi connectivity index (χ1v) is 5.82. The molecular formula is C12H13F3N2O2. The van der Waals surface area contributed by atoms with Gasteiger partial charge in [-0.15, -0.1) is 0 Å². The number of rotatable bonds is 2. The quantitative estimate of drug-likeness (QED) is 0.724. The van der Waals surface area contributed by atoms with Gasteiger partial charge in [0.15, 0.2) is 0 Å². The molecule has 3 N–H and O–H groups in total. The van der Waals surface area contributed by atoms with E-state index in [1.54, 1.807) is 0 Å². The van der Waals surface area contributed by atoms with Gasteiger partial charge >= 0.3 is 6.18 Å². The summed E-state index contributed by atoms with van der Waals surface area (Å²) in [6, 6.07) is 1.98. The largest absolute Gasteiger partial charge is 0.506 e. The number of halogens is 3. The van der Waals surface area contributed by atoms with Gasteiger partial charge in [0.05, 0.1) is 17.3 Å². The van der Waals surface area contributed by atoms with E-state index < -0.39 is 23.7 Å². The number of benzene rings is 1. The Balaban J connectivity index is 2.17. The Morgan fingerprint density at radius 3 is 2.74 bits per heavy atom. The topological polar surface area (TPSA) is 61.4 Å². The minimum Gasteiger partial charge on any atom is -0.506 e. The highest BCUT2D eigenvalue weighted by molar-refractivity contribution is 5.96. The van der Waals surface area contributed by atoms with Crippen LogP contribution < -0.4 is 10.6 Å². The fourth-order valence-corrected chi connectivity index (χ4v) is 1.94. The summed E-state index contributed by atoms with van der Waals surface area (Å²) in [4.78, 5) is 11.8. The molecule has 0 aliphatic carbocycles. The van der Waals surface area contributed by atoms with Gasteiger partial charge in [-0.05, 0) is 37.6 Å². The van der Waals surface area contributed by atoms with Crippen LogP contribution in [0, 0.1) is 0 Å². The van der Waals surface area contributed by atoms with Gasteiger partial charge < -0.3 is 15.7 Å². The number of nitrogens with one attached hydrogen (secondary N) is 2. The number of phenolic OH excluding ortho intramolecular Hbond substituents is 1. The Labute approximate surface area is 107 Å². The second-order valence-corrected chi connectivity index (χ2v) is 4.37. The van der Waals surface area contributed by atoms with Crippen molar-refractivity contribution in [3.8, 4) is 5.75 Å². The lowest BCUT2D eigenvalue weighted by atomic mass is 10.1. The van der Waals surface area contributed by atoms with Crippen LogP contribution >= 0.6 is 0 Å². The molecule has 1 aliphatic heterocycles. The average molecular weight is 274 g/mol. The number of hydrogen-bond acceptors (Lipinski definition) is 3. The molecule has 1 fully saturated rings. The molecule has 1 aromatic rings. The molecule has 1 saturated heterocycles. The summed E-state index contributed by atoms with van der Waals surface area (Å²) >= 11 is 0. The number of aromatic hydroxyl groups is 1. The first-order chi connectivity index (χ1) is 8.88. The number of hydrogen-bond donors (Lipinski definition) is 3. The van der Waals surface area contributed by atoms with Crippen LogP contribution in [0.15, 0.2) is 18.2 Å². The Morgan fingerprint density at radius 1 is 1.42 bits per heavy atom. The number of phenols is 1. The van der Waals surface area contributed by atoms with E-state index in [2.05, 4.69) is 10.6 Å². The molecule has 0 unspecified atom stereocenters. The van der Waals surface area contributed by atoms with Crippen LogP contribution in [0.1, 0.15) is 18.4 Å². The summed E-state index contributed by atoms with van der Waals surface area (Å²) in [5.41, 5.74) is -1.14. The standard InChI is InChI=1S/C12H13F3N2O2/c13-12(14,15)7-3-4-10(18)9(6-7)17-11(19)8-2-1-5-16-8/h3-4,6,8,16,18H,1-2,5H2,(H,17,19)/t8-/m0/s1. The van der Waals surface area contributed by atoms with Gasteiger partial charge in [0, 0.05) is 0 Å². The van der Waals surface area contributed by atoms with Crippen LogP contribution in [-0.4, -0.2) is 23.6 Å². The molecular weight excluding hydrogens is 261 g/mol. The number of amides is 1. The van der Waals surface area contributed by atoms with E-state index in [9.17, 15) is 23.1 Å². The zero-order valence-electron chi connectivity index (χ0n) is 9.92. The molecule has 104 valence electrons. The van der Waals surface area contributed by atoms with Crippen molar-refractivity contribution >= 4 is 11.6 Å². The zero-order valence-corrected chi connectivity index (χ0v) is 9.92. The molecule has 1 atom stereocenters. The van der Waals surface area contributed by atoms with Crippen LogP contribution in [0.4, 0.5) is 18.9 Å². The minimum absolute atomic E-state index is 0.228. The van der Waals surface area contributed by atoms with E-state index in [1.807, 2.05) is 0 Å². The maximum absolute atomic E-state index is 12.5. The lowest BCUT2D eigenvalue weighted by Gasteiger charge is -2.14. The molecule has 0 radical (unpaired) electrons. The summed E-state index contributed by atoms with van der Waals surface area (Å²) in [6.07, 6.45) is -3.04. The van der Waals surface area contributed by atoms with Gasteiger partial charge in [0.1, 0.15) is 5.75 Å². The first-order valence-electron chi connectivity index (χ1n) is 5.82. The van der Waals surface area contributed by atoms with Gasteiger partial charge in [-0.3, -0.25) is 4.79 Å². The highest BCUT2D eigenvalue weighted by Crippen LogP contribution is 2.34. The smallest absolute Gasteiger partial charge is 0.416 e. The SMILES string of the molecule is O=C(Nc1cc(C(F)(F)F)ccc1O)[C@@H]1CCCN1. The molecule has 0 bridgehead atoms. The van der Waals surface area contributed by atoms with E-state index >= 15 is 0 Å². The Bertz CT molecular complexity index is 482. The fraction of sp³-hybridized carbons (Fsp3) is 0.417. The van der Waals surface area contributed by atoms with Crippen LogP contribution in [0.25, 0.3) is 0 Å². The molecule has 1 aliphatic rings. The summed E-state index contributed by atoms with van der Waals surface area (Å²) in [5.74, 6) is -0.827. The highest BCUT2D eigenvalue weighted by atomic mass is 19.4. The van der Waals surface area contributed by atoms with Crippen molar-refractivity contribution in [2.24, 2.45) is 0 Å². The van der Waals surface area contributed by atoms with Gasteiger partial charge in [0.25, 0.3) is 0 Å². The van der Waals surface area contributed by atoms with Gasteiger partial charge in [-0.25, -0.2) is 0 Å². The van der Waals surface area contributed by atoms with Crippen molar-refractivity contribution in [3.05, 3.63) is 23.8 Å². The Kier molecular flexibility index (Phi) is 3.66. The van der Waals surface area contributed by atoms with E-state index in [1.165, 1.54) is 0 Å². The number of alkyl halides is 3. The maximum atomic E-state index is 12.5. The molecule has 7 heteroatoms. The van der Waals surface area contributed by atoms with Crippen molar-refractivity contribution in [1.29, 1.82) is 0 Å². The molecule has 1 heterocycles. The van der Waals surface area contributed by atoms with Gasteiger partial charge in [-0.1, -0.05) is 0 Å². The predicted molar refractivity (Wildman–Crippen MR) is 62.8 cm³/mol. The molecule has 19 heavy (non-hydrogen) atoms. The fourth-order valence-electron chi connectivity index (χ4n) is 1.94. The lowest BCUT2D eigenvalue weighted by Crippen LogP contribution is -2.35. The zero-order chi connectivity index (χ0) is 14.0. The summed E-state index contributed by atoms with van der Waals surface area (Å²) < 4.78 is 37.6. The number of carbonyl (C=O) groups is 1. The molecule has 4 nitrogen and oxygen atoms in total. The minimum atomic E-state index is -4.52. The average Bonchev–Trinajstić information content (AvgIpc) is 2.84. The normalized spacial score (nSPS) is 19.4. The molecule has 2 rings (SSSR count). The van der Waals surface area contributed by atoms with Gasteiger partial charge in [0.2, 0.25) is 5.91 Å². The molecule has 0 aromatic heterocycles. The first kappa shape index (κ1) is 13.7. The predicted octanol–water partition coefficient (Wildman–Crippen LogP) is 2.10. The van der Waals surface area contributed by atoms with Gasteiger partial charge in [-0.2, -0.15) is 13.2 Å². The number of anilines is 1. The van der Waals surface area contributed by atoms with Crippen molar-refractivity contribution in [1.82, 2.24) is 5.32 Å². The Morgan fingerprint density at radius 2 is 2.16 bits per heavy atom. The second-order valence-electron chi connectivity index (χ2n) is 4.37. The number of carbonyl (C=O) groups excluding carboxylic acids is 1. The van der Waals surface area contributed by atoms with Crippen molar-refractivity contribution in [2.45, 2.75) is 25.1 Å². The summed E-state index contributed by atoms with van der Waals surface area (Å²) in [6.45, 7) is 0.701. The molecule has 0 saturated carbocycles. The van der Waals surface area contributed by atoms with Crippen LogP contribution in [0.2, 0.25) is 0 Å². The summed E-state index contributed by atoms with van der Waals surface area (Å²) in [7, 11) is 0. The van der Waals surface area contributed by atoms with Crippen molar-refractivity contribution < 1.29 is 23.1 Å². The second kappa shape index (κ2) is 5.08. The highest BCUT2D eigenvalue weighted by Gasteiger charge is 2.31. The third-order valence-electron chi connectivity index (χ3n) is 2.96. The van der Waals surface area contributed by atoms with E-state index in [0.29, 0.717) is 13.0 Å². The lowest BCUT2D eigenvalue weighted by molar-refractivity contribution is -0.137.